The van der Waals surface area contributed by atoms with Crippen molar-refractivity contribution in [1.29, 1.82) is 0 Å². The fourth-order valence-corrected chi connectivity index (χ4v) is 3.45. The van der Waals surface area contributed by atoms with Gasteiger partial charge < -0.3 is 30.5 Å². The number of methoxy groups -OCH3 is 2. The lowest BCUT2D eigenvalue weighted by molar-refractivity contribution is -0.122. The van der Waals surface area contributed by atoms with E-state index in [9.17, 15) is 14.7 Å². The van der Waals surface area contributed by atoms with Gasteiger partial charge in [-0.1, -0.05) is 17.7 Å². The number of amides is 2. The highest BCUT2D eigenvalue weighted by Gasteiger charge is 2.37. The van der Waals surface area contributed by atoms with Crippen molar-refractivity contribution in [2.45, 2.75) is 13.0 Å². The zero-order valence-corrected chi connectivity index (χ0v) is 16.8. The molecule has 0 spiro atoms. The topological polar surface area (TPSA) is 114 Å². The van der Waals surface area contributed by atoms with E-state index in [-0.39, 0.29) is 42.8 Å². The van der Waals surface area contributed by atoms with E-state index >= 15 is 0 Å². The van der Waals surface area contributed by atoms with Crippen molar-refractivity contribution in [2.75, 3.05) is 31.0 Å². The van der Waals surface area contributed by atoms with Gasteiger partial charge in [-0.05, 0) is 23.8 Å². The standard InChI is InChI=1S/C20H22ClN3O5/c1-28-17-8-18(29-2)15(7-13(17)21)24-10-12(6-19(24)26)20(27)23-14-4-3-11(9-22)5-16(14)25/h3-5,7-8,12,25H,6,9-10,22H2,1-2H3,(H,23,27). The second-order valence-corrected chi connectivity index (χ2v) is 7.02. The molecule has 2 amide bonds. The molecule has 29 heavy (non-hydrogen) atoms. The van der Waals surface area contributed by atoms with Crippen LogP contribution in [0.3, 0.4) is 0 Å². The zero-order chi connectivity index (χ0) is 21.1. The highest BCUT2D eigenvalue weighted by Crippen LogP contribution is 2.40. The number of hydrogen-bond donors (Lipinski definition) is 3. The number of carbonyl (C=O) groups excluding carboxylic acids is 2. The Kier molecular flexibility index (Phi) is 6.14. The van der Waals surface area contributed by atoms with Crippen LogP contribution in [0.4, 0.5) is 11.4 Å². The van der Waals surface area contributed by atoms with Gasteiger partial charge in [0.15, 0.2) is 0 Å². The van der Waals surface area contributed by atoms with Gasteiger partial charge in [-0.3, -0.25) is 9.59 Å². The molecular weight excluding hydrogens is 398 g/mol. The summed E-state index contributed by atoms with van der Waals surface area (Å²) in [6, 6.07) is 7.96. The molecule has 1 saturated heterocycles. The Morgan fingerprint density at radius 3 is 2.62 bits per heavy atom. The van der Waals surface area contributed by atoms with Gasteiger partial charge in [-0.15, -0.1) is 0 Å². The number of rotatable bonds is 6. The average molecular weight is 420 g/mol. The van der Waals surface area contributed by atoms with Crippen LogP contribution in [0.5, 0.6) is 17.2 Å². The molecule has 9 heteroatoms. The van der Waals surface area contributed by atoms with Crippen molar-refractivity contribution in [1.82, 2.24) is 0 Å². The first kappa shape index (κ1) is 20.8. The number of aromatic hydroxyl groups is 1. The number of nitrogens with two attached hydrogens (primary N) is 1. The van der Waals surface area contributed by atoms with E-state index in [0.29, 0.717) is 22.2 Å². The number of carbonyl (C=O) groups is 2. The third-order valence-electron chi connectivity index (χ3n) is 4.80. The third kappa shape index (κ3) is 4.23. The van der Waals surface area contributed by atoms with Gasteiger partial charge in [-0.2, -0.15) is 0 Å². The lowest BCUT2D eigenvalue weighted by Crippen LogP contribution is -2.28. The van der Waals surface area contributed by atoms with Gasteiger partial charge in [-0.25, -0.2) is 0 Å². The molecule has 0 radical (unpaired) electrons. The first-order valence-electron chi connectivity index (χ1n) is 8.92. The summed E-state index contributed by atoms with van der Waals surface area (Å²) in [5.74, 6) is -0.435. The van der Waals surface area contributed by atoms with Crippen LogP contribution in [0.1, 0.15) is 12.0 Å². The van der Waals surface area contributed by atoms with Crippen LogP contribution in [0.15, 0.2) is 30.3 Å². The summed E-state index contributed by atoms with van der Waals surface area (Å²) in [6.07, 6.45) is 0.0281. The van der Waals surface area contributed by atoms with E-state index in [0.717, 1.165) is 5.56 Å². The monoisotopic (exact) mass is 419 g/mol. The summed E-state index contributed by atoms with van der Waals surface area (Å²) >= 11 is 6.20. The number of benzene rings is 2. The number of hydrogen-bond acceptors (Lipinski definition) is 6. The summed E-state index contributed by atoms with van der Waals surface area (Å²) in [5.41, 5.74) is 7.01. The summed E-state index contributed by atoms with van der Waals surface area (Å²) < 4.78 is 10.5. The number of anilines is 2. The molecule has 1 fully saturated rings. The highest BCUT2D eigenvalue weighted by molar-refractivity contribution is 6.32. The van der Waals surface area contributed by atoms with Crippen molar-refractivity contribution < 1.29 is 24.2 Å². The molecule has 0 bridgehead atoms. The Bertz CT molecular complexity index is 950. The maximum atomic E-state index is 12.7. The van der Waals surface area contributed by atoms with Crippen molar-refractivity contribution in [3.8, 4) is 17.2 Å². The number of ether oxygens (including phenoxy) is 2. The van der Waals surface area contributed by atoms with E-state index in [1.807, 2.05) is 0 Å². The predicted molar refractivity (Wildman–Crippen MR) is 110 cm³/mol. The molecule has 2 aromatic rings. The molecule has 0 aromatic heterocycles. The van der Waals surface area contributed by atoms with Crippen LogP contribution in [-0.4, -0.2) is 37.7 Å². The molecule has 8 nitrogen and oxygen atoms in total. The third-order valence-corrected chi connectivity index (χ3v) is 5.09. The molecule has 1 aliphatic heterocycles. The highest BCUT2D eigenvalue weighted by atomic mass is 35.5. The van der Waals surface area contributed by atoms with Crippen LogP contribution in [-0.2, 0) is 16.1 Å². The van der Waals surface area contributed by atoms with Gasteiger partial charge in [0.25, 0.3) is 0 Å². The van der Waals surface area contributed by atoms with Gasteiger partial charge in [0.1, 0.15) is 17.2 Å². The minimum atomic E-state index is -0.596. The number of phenolic OH excluding ortho intramolecular Hbond substituents is 1. The number of nitrogens with zero attached hydrogens (tertiary/aromatic N) is 1. The molecule has 0 saturated carbocycles. The average Bonchev–Trinajstić information content (AvgIpc) is 3.10. The molecule has 3 rings (SSSR count). The fraction of sp³-hybridized carbons (Fsp3) is 0.300. The quantitative estimate of drug-likeness (QED) is 0.620. The number of nitrogens with one attached hydrogen (secondary N) is 1. The Morgan fingerprint density at radius 1 is 1.28 bits per heavy atom. The van der Waals surface area contributed by atoms with Crippen LogP contribution in [0, 0.1) is 5.92 Å². The zero-order valence-electron chi connectivity index (χ0n) is 16.1. The lowest BCUT2D eigenvalue weighted by Gasteiger charge is -2.21. The molecule has 1 heterocycles. The summed E-state index contributed by atoms with van der Waals surface area (Å²) in [4.78, 5) is 26.7. The molecular formula is C20H22ClN3O5. The normalized spacial score (nSPS) is 16.1. The van der Waals surface area contributed by atoms with Crippen molar-refractivity contribution >= 4 is 34.8 Å². The molecule has 1 unspecified atom stereocenters. The molecule has 1 atom stereocenters. The van der Waals surface area contributed by atoms with Gasteiger partial charge in [0.2, 0.25) is 11.8 Å². The molecule has 154 valence electrons. The van der Waals surface area contributed by atoms with Gasteiger partial charge >= 0.3 is 0 Å². The molecule has 4 N–H and O–H groups in total. The Labute approximate surface area is 173 Å². The summed E-state index contributed by atoms with van der Waals surface area (Å²) in [6.45, 7) is 0.436. The smallest absolute Gasteiger partial charge is 0.229 e. The number of halogens is 1. The predicted octanol–water partition coefficient (Wildman–Crippen LogP) is 2.51. The van der Waals surface area contributed by atoms with E-state index < -0.39 is 5.92 Å². The van der Waals surface area contributed by atoms with Crippen molar-refractivity contribution in [3.63, 3.8) is 0 Å². The van der Waals surface area contributed by atoms with Crippen LogP contribution >= 0.6 is 11.6 Å². The van der Waals surface area contributed by atoms with Gasteiger partial charge in [0, 0.05) is 25.6 Å². The van der Waals surface area contributed by atoms with Crippen molar-refractivity contribution in [3.05, 3.63) is 40.9 Å². The van der Waals surface area contributed by atoms with Crippen LogP contribution in [0.2, 0.25) is 5.02 Å². The fourth-order valence-electron chi connectivity index (χ4n) is 3.22. The largest absolute Gasteiger partial charge is 0.506 e. The van der Waals surface area contributed by atoms with Crippen LogP contribution < -0.4 is 25.4 Å². The SMILES string of the molecule is COc1cc(OC)c(N2CC(C(=O)Nc3ccc(CN)cc3O)CC2=O)cc1Cl. The lowest BCUT2D eigenvalue weighted by atomic mass is 10.1. The Morgan fingerprint density at radius 2 is 2.00 bits per heavy atom. The maximum Gasteiger partial charge on any atom is 0.229 e. The molecule has 0 aliphatic carbocycles. The molecule has 1 aliphatic rings. The maximum absolute atomic E-state index is 12.7. The summed E-state index contributed by atoms with van der Waals surface area (Å²) in [5, 5.41) is 13.0. The minimum Gasteiger partial charge on any atom is -0.506 e. The molecule has 2 aromatic carbocycles. The van der Waals surface area contributed by atoms with E-state index in [1.54, 1.807) is 24.3 Å². The number of phenols is 1. The van der Waals surface area contributed by atoms with E-state index in [2.05, 4.69) is 5.32 Å². The second-order valence-electron chi connectivity index (χ2n) is 6.61. The first-order chi connectivity index (χ1) is 13.9. The second kappa shape index (κ2) is 8.59. The van der Waals surface area contributed by atoms with Gasteiger partial charge in [0.05, 0.1) is 36.5 Å². The Balaban J connectivity index is 1.78. The first-order valence-corrected chi connectivity index (χ1v) is 9.30. The van der Waals surface area contributed by atoms with Crippen molar-refractivity contribution in [2.24, 2.45) is 11.7 Å². The van der Waals surface area contributed by atoms with E-state index in [1.165, 1.54) is 25.2 Å². The van der Waals surface area contributed by atoms with Crippen LogP contribution in [0.25, 0.3) is 0 Å². The summed E-state index contributed by atoms with van der Waals surface area (Å²) in [7, 11) is 2.96. The Hall–Kier alpha value is -2.97. The van der Waals surface area contributed by atoms with E-state index in [4.69, 9.17) is 26.8 Å². The minimum absolute atomic E-state index is 0.0281.